The summed E-state index contributed by atoms with van der Waals surface area (Å²) in [7, 11) is 0. The zero-order valence-electron chi connectivity index (χ0n) is 10.4. The molecule has 2 nitrogen and oxygen atoms in total. The fraction of sp³-hybridized carbons (Fsp3) is 0.571. The van der Waals surface area contributed by atoms with Gasteiger partial charge in [-0.1, -0.05) is 42.5 Å². The summed E-state index contributed by atoms with van der Waals surface area (Å²) in [6.07, 6.45) is 6.65. The molecule has 1 aromatic carbocycles. The third-order valence-corrected chi connectivity index (χ3v) is 3.84. The van der Waals surface area contributed by atoms with Crippen molar-refractivity contribution in [2.45, 2.75) is 38.1 Å². The van der Waals surface area contributed by atoms with Crippen molar-refractivity contribution in [1.82, 2.24) is 5.32 Å². The van der Waals surface area contributed by atoms with Crippen LogP contribution in [0.5, 0.6) is 5.75 Å². The lowest BCUT2D eigenvalue weighted by Crippen LogP contribution is -2.34. The van der Waals surface area contributed by atoms with E-state index in [1.54, 1.807) is 18.2 Å². The Balaban J connectivity index is 1.69. The van der Waals surface area contributed by atoms with Crippen LogP contribution in [0.1, 0.15) is 32.1 Å². The molecule has 0 heterocycles. The molecule has 0 unspecified atom stereocenters. The van der Waals surface area contributed by atoms with Gasteiger partial charge in [-0.3, -0.25) is 0 Å². The van der Waals surface area contributed by atoms with E-state index in [9.17, 15) is 0 Å². The number of halogens is 2. The summed E-state index contributed by atoms with van der Waals surface area (Å²) in [4.78, 5) is 0. The first-order chi connectivity index (χ1) is 8.75. The van der Waals surface area contributed by atoms with E-state index in [1.807, 2.05) is 0 Å². The Labute approximate surface area is 119 Å². The Morgan fingerprint density at radius 1 is 1.17 bits per heavy atom. The van der Waals surface area contributed by atoms with Crippen LogP contribution in [0.2, 0.25) is 10.0 Å². The molecule has 0 saturated heterocycles. The van der Waals surface area contributed by atoms with Crippen molar-refractivity contribution in [2.75, 3.05) is 13.2 Å². The van der Waals surface area contributed by atoms with E-state index in [0.717, 1.165) is 6.54 Å². The zero-order valence-corrected chi connectivity index (χ0v) is 11.9. The summed E-state index contributed by atoms with van der Waals surface area (Å²) in [5, 5.41) is 4.78. The maximum atomic E-state index is 6.02. The van der Waals surface area contributed by atoms with Crippen LogP contribution < -0.4 is 10.1 Å². The van der Waals surface area contributed by atoms with Crippen LogP contribution in [0.3, 0.4) is 0 Å². The van der Waals surface area contributed by atoms with Crippen LogP contribution in [-0.4, -0.2) is 19.2 Å². The Bertz CT molecular complexity index is 378. The Morgan fingerprint density at radius 2 is 1.94 bits per heavy atom. The smallest absolute Gasteiger partial charge is 0.139 e. The van der Waals surface area contributed by atoms with E-state index in [-0.39, 0.29) is 0 Å². The predicted octanol–water partition coefficient (Wildman–Crippen LogP) is 4.29. The van der Waals surface area contributed by atoms with E-state index in [2.05, 4.69) is 5.32 Å². The minimum Gasteiger partial charge on any atom is -0.491 e. The molecule has 0 radical (unpaired) electrons. The van der Waals surface area contributed by atoms with E-state index in [0.29, 0.717) is 28.4 Å². The molecule has 2 rings (SSSR count). The van der Waals surface area contributed by atoms with Crippen LogP contribution in [0, 0.1) is 0 Å². The van der Waals surface area contributed by atoms with Gasteiger partial charge in [-0.2, -0.15) is 0 Å². The lowest BCUT2D eigenvalue weighted by atomic mass is 9.96. The molecule has 0 spiro atoms. The number of ether oxygens (including phenoxy) is 1. The number of hydrogen-bond acceptors (Lipinski definition) is 2. The van der Waals surface area contributed by atoms with Gasteiger partial charge in [0.1, 0.15) is 12.4 Å². The Kier molecular flexibility index (Phi) is 5.61. The maximum Gasteiger partial charge on any atom is 0.139 e. The Hall–Kier alpha value is -0.440. The minimum atomic E-state index is 0.608. The van der Waals surface area contributed by atoms with E-state index in [4.69, 9.17) is 27.9 Å². The summed E-state index contributed by atoms with van der Waals surface area (Å²) in [5.74, 6) is 0.662. The summed E-state index contributed by atoms with van der Waals surface area (Å²) >= 11 is 11.9. The zero-order chi connectivity index (χ0) is 12.8. The highest BCUT2D eigenvalue weighted by Gasteiger charge is 2.12. The largest absolute Gasteiger partial charge is 0.491 e. The maximum absolute atomic E-state index is 6.02. The van der Waals surface area contributed by atoms with Crippen molar-refractivity contribution in [2.24, 2.45) is 0 Å². The third-order valence-electron chi connectivity index (χ3n) is 3.29. The van der Waals surface area contributed by atoms with Crippen LogP contribution in [0.4, 0.5) is 0 Å². The first-order valence-electron chi connectivity index (χ1n) is 6.57. The third kappa shape index (κ3) is 4.34. The molecule has 0 aromatic heterocycles. The fourth-order valence-corrected chi connectivity index (χ4v) is 2.65. The van der Waals surface area contributed by atoms with Crippen molar-refractivity contribution < 1.29 is 4.74 Å². The first-order valence-corrected chi connectivity index (χ1v) is 7.32. The van der Waals surface area contributed by atoms with Crippen molar-refractivity contribution in [3.8, 4) is 5.75 Å². The summed E-state index contributed by atoms with van der Waals surface area (Å²) in [6, 6.07) is 5.94. The van der Waals surface area contributed by atoms with E-state index >= 15 is 0 Å². The average molecular weight is 288 g/mol. The lowest BCUT2D eigenvalue weighted by Gasteiger charge is -2.22. The van der Waals surface area contributed by atoms with Gasteiger partial charge in [0, 0.05) is 23.7 Å². The van der Waals surface area contributed by atoms with E-state index < -0.39 is 0 Å². The van der Waals surface area contributed by atoms with Crippen LogP contribution >= 0.6 is 23.2 Å². The van der Waals surface area contributed by atoms with Gasteiger partial charge in [-0.05, 0) is 25.0 Å². The second-order valence-electron chi connectivity index (χ2n) is 4.71. The van der Waals surface area contributed by atoms with Gasteiger partial charge in [0.2, 0.25) is 0 Å². The number of benzene rings is 1. The van der Waals surface area contributed by atoms with Crippen molar-refractivity contribution in [1.29, 1.82) is 0 Å². The van der Waals surface area contributed by atoms with Gasteiger partial charge in [-0.15, -0.1) is 0 Å². The second-order valence-corrected chi connectivity index (χ2v) is 5.56. The highest BCUT2D eigenvalue weighted by Crippen LogP contribution is 2.27. The molecule has 0 bridgehead atoms. The predicted molar refractivity (Wildman–Crippen MR) is 76.8 cm³/mol. The van der Waals surface area contributed by atoms with Gasteiger partial charge >= 0.3 is 0 Å². The molecule has 1 fully saturated rings. The van der Waals surface area contributed by atoms with Crippen LogP contribution in [0.15, 0.2) is 18.2 Å². The van der Waals surface area contributed by atoms with Crippen LogP contribution in [0.25, 0.3) is 0 Å². The quantitative estimate of drug-likeness (QED) is 0.816. The number of hydrogen-bond donors (Lipinski definition) is 1. The summed E-state index contributed by atoms with van der Waals surface area (Å²) in [6.45, 7) is 1.48. The molecular formula is C14H19Cl2NO. The summed E-state index contributed by atoms with van der Waals surface area (Å²) < 4.78 is 5.63. The highest BCUT2D eigenvalue weighted by molar-refractivity contribution is 6.34. The molecule has 0 amide bonds. The van der Waals surface area contributed by atoms with Crippen LogP contribution in [-0.2, 0) is 0 Å². The molecule has 18 heavy (non-hydrogen) atoms. The molecule has 0 aliphatic heterocycles. The lowest BCUT2D eigenvalue weighted by molar-refractivity contribution is 0.289. The van der Waals surface area contributed by atoms with Crippen molar-refractivity contribution in [3.05, 3.63) is 28.2 Å². The molecule has 100 valence electrons. The molecule has 1 saturated carbocycles. The average Bonchev–Trinajstić information content (AvgIpc) is 2.40. The molecule has 1 aliphatic rings. The van der Waals surface area contributed by atoms with Crippen molar-refractivity contribution >= 4 is 23.2 Å². The molecule has 1 aromatic rings. The standard InChI is InChI=1S/C14H19Cl2NO/c15-11-6-7-13(16)14(10-11)18-9-8-17-12-4-2-1-3-5-12/h6-7,10,12,17H,1-5,8-9H2. The highest BCUT2D eigenvalue weighted by atomic mass is 35.5. The minimum absolute atomic E-state index is 0.608. The molecular weight excluding hydrogens is 269 g/mol. The number of rotatable bonds is 5. The number of nitrogens with one attached hydrogen (secondary N) is 1. The Morgan fingerprint density at radius 3 is 2.72 bits per heavy atom. The second kappa shape index (κ2) is 7.22. The molecule has 1 N–H and O–H groups in total. The normalized spacial score (nSPS) is 16.8. The molecule has 1 aliphatic carbocycles. The van der Waals surface area contributed by atoms with Gasteiger partial charge in [0.25, 0.3) is 0 Å². The SMILES string of the molecule is Clc1ccc(Cl)c(OCCNC2CCCCC2)c1. The monoisotopic (exact) mass is 287 g/mol. The fourth-order valence-electron chi connectivity index (χ4n) is 2.32. The molecule has 0 atom stereocenters. The summed E-state index contributed by atoms with van der Waals surface area (Å²) in [5.41, 5.74) is 0. The van der Waals surface area contributed by atoms with Gasteiger partial charge < -0.3 is 10.1 Å². The van der Waals surface area contributed by atoms with E-state index in [1.165, 1.54) is 32.1 Å². The topological polar surface area (TPSA) is 21.3 Å². The van der Waals surface area contributed by atoms with Crippen molar-refractivity contribution in [3.63, 3.8) is 0 Å². The first kappa shape index (κ1) is 14.0. The van der Waals surface area contributed by atoms with Gasteiger partial charge in [0.05, 0.1) is 5.02 Å². The molecule has 4 heteroatoms. The van der Waals surface area contributed by atoms with Gasteiger partial charge in [0.15, 0.2) is 0 Å². The van der Waals surface area contributed by atoms with Gasteiger partial charge in [-0.25, -0.2) is 0 Å².